The number of aryl methyl sites for hydroxylation is 1. The summed E-state index contributed by atoms with van der Waals surface area (Å²) < 4.78 is 5.70. The molecule has 1 aliphatic carbocycles. The number of halogens is 1. The first-order valence-electron chi connectivity index (χ1n) is 12.6. The highest BCUT2D eigenvalue weighted by atomic mass is 35.5. The molecule has 37 heavy (non-hydrogen) atoms. The number of carbonyl (C=O) groups excluding carboxylic acids is 2. The summed E-state index contributed by atoms with van der Waals surface area (Å²) in [6, 6.07) is 1.57. The van der Waals surface area contributed by atoms with Gasteiger partial charge in [0.05, 0.1) is 10.6 Å². The van der Waals surface area contributed by atoms with E-state index in [1.165, 1.54) is 21.8 Å². The van der Waals surface area contributed by atoms with E-state index in [2.05, 4.69) is 20.9 Å². The van der Waals surface area contributed by atoms with E-state index in [4.69, 9.17) is 16.3 Å². The van der Waals surface area contributed by atoms with Crippen LogP contribution in [0, 0.1) is 0 Å². The fourth-order valence-electron chi connectivity index (χ4n) is 4.87. The number of nitrogens with one attached hydrogen (secondary N) is 3. The summed E-state index contributed by atoms with van der Waals surface area (Å²) in [6.45, 7) is 7.64. The summed E-state index contributed by atoms with van der Waals surface area (Å²) >= 11 is 9.44. The fraction of sp³-hybridized carbons (Fsp3) is 0.444. The van der Waals surface area contributed by atoms with Crippen molar-refractivity contribution in [1.29, 1.82) is 0 Å². The van der Waals surface area contributed by atoms with Crippen LogP contribution in [0.25, 0.3) is 10.4 Å². The minimum absolute atomic E-state index is 0.340. The second-order valence-electron chi connectivity index (χ2n) is 10.4. The maximum absolute atomic E-state index is 13.1. The molecule has 2 aliphatic rings. The molecule has 196 valence electrons. The number of hydrogen-bond donors (Lipinski definition) is 3. The maximum atomic E-state index is 13.1. The van der Waals surface area contributed by atoms with Gasteiger partial charge in [0.2, 0.25) is 0 Å². The van der Waals surface area contributed by atoms with E-state index in [0.29, 0.717) is 22.1 Å². The van der Waals surface area contributed by atoms with Crippen LogP contribution < -0.4 is 16.0 Å². The highest BCUT2D eigenvalue weighted by Crippen LogP contribution is 2.40. The van der Waals surface area contributed by atoms with Crippen molar-refractivity contribution in [1.82, 2.24) is 15.6 Å². The van der Waals surface area contributed by atoms with Crippen molar-refractivity contribution in [3.8, 4) is 10.4 Å². The molecule has 3 aromatic rings. The Bertz CT molecular complexity index is 1340. The van der Waals surface area contributed by atoms with E-state index < -0.39 is 5.60 Å². The first kappa shape index (κ1) is 26.2. The molecule has 4 heterocycles. The normalized spacial score (nSPS) is 15.0. The average molecular weight is 559 g/mol. The first-order valence-corrected chi connectivity index (χ1v) is 14.6. The SMILES string of the molecule is CC(C)(C)OC(=O)c1c(NC(=O)NCc2c(-c3cncc(Cl)c3)sc3c2CCNC3)sc2c1CCCC2. The number of amides is 2. The van der Waals surface area contributed by atoms with Gasteiger partial charge in [-0.25, -0.2) is 9.59 Å². The summed E-state index contributed by atoms with van der Waals surface area (Å²) in [7, 11) is 0. The lowest BCUT2D eigenvalue weighted by atomic mass is 9.95. The maximum Gasteiger partial charge on any atom is 0.341 e. The molecule has 0 radical (unpaired) electrons. The van der Waals surface area contributed by atoms with Gasteiger partial charge in [-0.15, -0.1) is 22.7 Å². The average Bonchev–Trinajstić information content (AvgIpc) is 3.39. The Labute approximate surface area is 230 Å². The van der Waals surface area contributed by atoms with Crippen LogP contribution in [0.15, 0.2) is 18.5 Å². The van der Waals surface area contributed by atoms with Gasteiger partial charge in [-0.3, -0.25) is 10.3 Å². The molecule has 3 N–H and O–H groups in total. The Balaban J connectivity index is 1.38. The van der Waals surface area contributed by atoms with Gasteiger partial charge in [-0.05, 0) is 82.2 Å². The number of fused-ring (bicyclic) bond motifs is 2. The molecule has 0 aromatic carbocycles. The molecule has 5 rings (SSSR count). The lowest BCUT2D eigenvalue weighted by Gasteiger charge is -2.21. The van der Waals surface area contributed by atoms with Crippen LogP contribution in [0.5, 0.6) is 0 Å². The molecular weight excluding hydrogens is 528 g/mol. The molecule has 1 aliphatic heterocycles. The molecule has 0 saturated heterocycles. The predicted octanol–water partition coefficient (Wildman–Crippen LogP) is 6.33. The standard InChI is InChI=1S/C27H31ClN4O3S2/c1-27(2,3)35-25(33)22-18-6-4-5-7-20(18)37-24(22)32-26(34)31-13-19-17-8-9-29-14-21(17)36-23(19)15-10-16(28)12-30-11-15/h10-12,29H,4-9,13-14H2,1-3H3,(H2,31,32,34). The highest BCUT2D eigenvalue weighted by Gasteiger charge is 2.30. The van der Waals surface area contributed by atoms with Crippen LogP contribution >= 0.6 is 34.3 Å². The number of anilines is 1. The van der Waals surface area contributed by atoms with E-state index in [1.807, 2.05) is 33.0 Å². The van der Waals surface area contributed by atoms with Crippen LogP contribution in [0.2, 0.25) is 5.02 Å². The van der Waals surface area contributed by atoms with Gasteiger partial charge in [-0.1, -0.05) is 11.6 Å². The molecule has 0 saturated carbocycles. The molecule has 3 aromatic heterocycles. The van der Waals surface area contributed by atoms with Gasteiger partial charge in [0, 0.05) is 45.7 Å². The molecule has 0 unspecified atom stereocenters. The lowest BCUT2D eigenvalue weighted by Crippen LogP contribution is -2.30. The monoisotopic (exact) mass is 558 g/mol. The molecule has 2 amide bonds. The first-order chi connectivity index (χ1) is 17.7. The van der Waals surface area contributed by atoms with E-state index in [9.17, 15) is 9.59 Å². The number of urea groups is 1. The Morgan fingerprint density at radius 2 is 1.92 bits per heavy atom. The van der Waals surface area contributed by atoms with Crippen LogP contribution in [0.4, 0.5) is 9.80 Å². The molecule has 0 bridgehead atoms. The number of ether oxygens (including phenoxy) is 1. The summed E-state index contributed by atoms with van der Waals surface area (Å²) in [5.74, 6) is -0.377. The van der Waals surface area contributed by atoms with Crippen LogP contribution in [-0.2, 0) is 37.1 Å². The van der Waals surface area contributed by atoms with Gasteiger partial charge >= 0.3 is 12.0 Å². The quantitative estimate of drug-likeness (QED) is 0.318. The molecule has 0 atom stereocenters. The van der Waals surface area contributed by atoms with Crippen molar-refractivity contribution in [2.45, 2.75) is 71.6 Å². The summed E-state index contributed by atoms with van der Waals surface area (Å²) in [6.07, 6.45) is 8.20. The van der Waals surface area contributed by atoms with E-state index in [-0.39, 0.29) is 12.0 Å². The highest BCUT2D eigenvalue weighted by molar-refractivity contribution is 7.17. The number of nitrogens with zero attached hydrogens (tertiary/aromatic N) is 1. The van der Waals surface area contributed by atoms with Gasteiger partial charge < -0.3 is 15.4 Å². The zero-order valence-electron chi connectivity index (χ0n) is 21.3. The van der Waals surface area contributed by atoms with Crippen molar-refractivity contribution >= 4 is 51.3 Å². The number of thiophene rings is 2. The number of esters is 1. The van der Waals surface area contributed by atoms with E-state index in [0.717, 1.165) is 71.6 Å². The van der Waals surface area contributed by atoms with E-state index in [1.54, 1.807) is 17.5 Å². The number of carbonyl (C=O) groups is 2. The van der Waals surface area contributed by atoms with Crippen molar-refractivity contribution in [3.63, 3.8) is 0 Å². The largest absolute Gasteiger partial charge is 0.456 e. The second kappa shape index (κ2) is 10.7. The zero-order chi connectivity index (χ0) is 26.2. The number of rotatable bonds is 5. The Kier molecular flexibility index (Phi) is 7.58. The van der Waals surface area contributed by atoms with Gasteiger partial charge in [0.1, 0.15) is 10.6 Å². The molecule has 10 heteroatoms. The van der Waals surface area contributed by atoms with Crippen molar-refractivity contribution in [3.05, 3.63) is 55.5 Å². The minimum atomic E-state index is -0.613. The van der Waals surface area contributed by atoms with Gasteiger partial charge in [0.15, 0.2) is 0 Å². The Morgan fingerprint density at radius 1 is 1.11 bits per heavy atom. The smallest absolute Gasteiger partial charge is 0.341 e. The Hall–Kier alpha value is -2.46. The molecule has 0 spiro atoms. The van der Waals surface area contributed by atoms with Gasteiger partial charge in [0.25, 0.3) is 0 Å². The van der Waals surface area contributed by atoms with Gasteiger partial charge in [-0.2, -0.15) is 0 Å². The number of aromatic nitrogens is 1. The summed E-state index contributed by atoms with van der Waals surface area (Å²) in [5, 5.41) is 10.6. The second-order valence-corrected chi connectivity index (χ2v) is 13.0. The summed E-state index contributed by atoms with van der Waals surface area (Å²) in [5.41, 5.74) is 4.24. The molecule has 0 fully saturated rings. The third-order valence-electron chi connectivity index (χ3n) is 6.43. The fourth-order valence-corrected chi connectivity index (χ4v) is 7.63. The molecule has 7 nitrogen and oxygen atoms in total. The van der Waals surface area contributed by atoms with Crippen LogP contribution in [0.3, 0.4) is 0 Å². The van der Waals surface area contributed by atoms with Crippen molar-refractivity contribution < 1.29 is 14.3 Å². The van der Waals surface area contributed by atoms with Crippen molar-refractivity contribution in [2.75, 3.05) is 11.9 Å². The molecular formula is C27H31ClN4O3S2. The summed E-state index contributed by atoms with van der Waals surface area (Å²) in [4.78, 5) is 34.0. The minimum Gasteiger partial charge on any atom is -0.456 e. The number of hydrogen-bond acceptors (Lipinski definition) is 7. The predicted molar refractivity (Wildman–Crippen MR) is 150 cm³/mol. The van der Waals surface area contributed by atoms with Crippen LogP contribution in [0.1, 0.15) is 70.4 Å². The lowest BCUT2D eigenvalue weighted by molar-refractivity contribution is 0.00699. The van der Waals surface area contributed by atoms with Crippen LogP contribution in [-0.4, -0.2) is 29.1 Å². The Morgan fingerprint density at radius 3 is 2.70 bits per heavy atom. The third kappa shape index (κ3) is 5.85. The number of pyridine rings is 1. The third-order valence-corrected chi connectivity index (χ3v) is 9.17. The zero-order valence-corrected chi connectivity index (χ0v) is 23.6. The van der Waals surface area contributed by atoms with E-state index >= 15 is 0 Å². The topological polar surface area (TPSA) is 92.3 Å². The van der Waals surface area contributed by atoms with Crippen molar-refractivity contribution in [2.24, 2.45) is 0 Å².